The minimum absolute atomic E-state index is 0.0984. The summed E-state index contributed by atoms with van der Waals surface area (Å²) >= 11 is 1.76. The Bertz CT molecular complexity index is 539. The summed E-state index contributed by atoms with van der Waals surface area (Å²) in [6.45, 7) is 2.84. The van der Waals surface area contributed by atoms with E-state index >= 15 is 0 Å². The summed E-state index contributed by atoms with van der Waals surface area (Å²) in [7, 11) is 0. The third-order valence-electron chi connectivity index (χ3n) is 4.69. The first-order chi connectivity index (χ1) is 9.58. The highest BCUT2D eigenvalue weighted by atomic mass is 32.1. The number of carbonyl (C=O) groups is 2. The van der Waals surface area contributed by atoms with Crippen molar-refractivity contribution in [2.75, 3.05) is 6.54 Å². The van der Waals surface area contributed by atoms with E-state index in [1.807, 2.05) is 4.90 Å². The number of carboxylic acid groups (broad SMARTS) is 1. The summed E-state index contributed by atoms with van der Waals surface area (Å²) in [5.41, 5.74) is 1.27. The second-order valence-corrected chi connectivity index (χ2v) is 6.80. The third kappa shape index (κ3) is 2.24. The molecule has 1 aliphatic heterocycles. The van der Waals surface area contributed by atoms with Crippen LogP contribution in [-0.2, 0) is 16.0 Å². The highest BCUT2D eigenvalue weighted by Crippen LogP contribution is 2.37. The largest absolute Gasteiger partial charge is 0.481 e. The van der Waals surface area contributed by atoms with Gasteiger partial charge in [0.1, 0.15) is 0 Å². The van der Waals surface area contributed by atoms with Crippen molar-refractivity contribution in [2.24, 2.45) is 11.8 Å². The van der Waals surface area contributed by atoms with Gasteiger partial charge in [-0.2, -0.15) is 0 Å². The van der Waals surface area contributed by atoms with Crippen molar-refractivity contribution in [3.63, 3.8) is 0 Å². The van der Waals surface area contributed by atoms with Crippen LogP contribution in [0.3, 0.4) is 0 Å². The van der Waals surface area contributed by atoms with Crippen LogP contribution in [0, 0.1) is 11.8 Å². The number of amides is 1. The number of aliphatic carboxylic acids is 1. The van der Waals surface area contributed by atoms with Crippen LogP contribution in [0.1, 0.15) is 42.7 Å². The average molecular weight is 293 g/mol. The van der Waals surface area contributed by atoms with E-state index in [-0.39, 0.29) is 23.8 Å². The van der Waals surface area contributed by atoms with Gasteiger partial charge in [0.25, 0.3) is 0 Å². The molecule has 20 heavy (non-hydrogen) atoms. The fraction of sp³-hybridized carbons (Fsp3) is 0.600. The summed E-state index contributed by atoms with van der Waals surface area (Å²) in [6, 6.07) is 2.24. The molecule has 0 bridgehead atoms. The Kier molecular flexibility index (Phi) is 3.54. The SMILES string of the molecule is CC1c2ccsc2CCN1C(=O)[C@@H]1CC[C@H](C(=O)O)C1. The minimum atomic E-state index is -0.757. The molecule has 0 radical (unpaired) electrons. The Morgan fingerprint density at radius 1 is 1.35 bits per heavy atom. The van der Waals surface area contributed by atoms with Gasteiger partial charge in [-0.1, -0.05) is 0 Å². The highest BCUT2D eigenvalue weighted by Gasteiger charge is 2.38. The predicted octanol–water partition coefficient (Wildman–Crippen LogP) is 2.69. The van der Waals surface area contributed by atoms with E-state index in [9.17, 15) is 9.59 Å². The first kappa shape index (κ1) is 13.6. The molecule has 3 atom stereocenters. The van der Waals surface area contributed by atoms with Crippen LogP contribution in [0.25, 0.3) is 0 Å². The molecule has 2 aliphatic rings. The Balaban J connectivity index is 1.71. The van der Waals surface area contributed by atoms with Gasteiger partial charge in [-0.05, 0) is 49.6 Å². The van der Waals surface area contributed by atoms with Gasteiger partial charge in [0.05, 0.1) is 12.0 Å². The van der Waals surface area contributed by atoms with Crippen LogP contribution >= 0.6 is 11.3 Å². The topological polar surface area (TPSA) is 57.6 Å². The number of nitrogens with zero attached hydrogens (tertiary/aromatic N) is 1. The van der Waals surface area contributed by atoms with Gasteiger partial charge in [0.2, 0.25) is 5.91 Å². The molecule has 0 spiro atoms. The lowest BCUT2D eigenvalue weighted by Gasteiger charge is -2.35. The zero-order chi connectivity index (χ0) is 14.3. The fourth-order valence-corrected chi connectivity index (χ4v) is 4.44. The zero-order valence-corrected chi connectivity index (χ0v) is 12.4. The quantitative estimate of drug-likeness (QED) is 0.912. The number of carbonyl (C=O) groups excluding carboxylic acids is 1. The lowest BCUT2D eigenvalue weighted by Crippen LogP contribution is -2.41. The van der Waals surface area contributed by atoms with E-state index in [4.69, 9.17) is 5.11 Å². The minimum Gasteiger partial charge on any atom is -0.481 e. The second-order valence-electron chi connectivity index (χ2n) is 5.80. The Hall–Kier alpha value is -1.36. The van der Waals surface area contributed by atoms with Crippen molar-refractivity contribution < 1.29 is 14.7 Å². The summed E-state index contributed by atoms with van der Waals surface area (Å²) in [6.07, 6.45) is 2.79. The zero-order valence-electron chi connectivity index (χ0n) is 11.5. The van der Waals surface area contributed by atoms with E-state index in [1.54, 1.807) is 11.3 Å². The van der Waals surface area contributed by atoms with Crippen molar-refractivity contribution in [3.05, 3.63) is 21.9 Å². The number of thiophene rings is 1. The molecular weight excluding hydrogens is 274 g/mol. The van der Waals surface area contributed by atoms with Gasteiger partial charge in [-0.15, -0.1) is 11.3 Å². The second kappa shape index (κ2) is 5.20. The molecule has 1 amide bonds. The smallest absolute Gasteiger partial charge is 0.306 e. The van der Waals surface area contributed by atoms with Gasteiger partial charge in [-0.3, -0.25) is 9.59 Å². The van der Waals surface area contributed by atoms with E-state index in [0.717, 1.165) is 19.4 Å². The van der Waals surface area contributed by atoms with Crippen LogP contribution in [0.2, 0.25) is 0 Å². The van der Waals surface area contributed by atoms with Gasteiger partial charge in [0, 0.05) is 17.3 Å². The Morgan fingerprint density at radius 2 is 2.10 bits per heavy atom. The van der Waals surface area contributed by atoms with Crippen LogP contribution in [-0.4, -0.2) is 28.4 Å². The number of fused-ring (bicyclic) bond motifs is 1. The van der Waals surface area contributed by atoms with Gasteiger partial charge < -0.3 is 10.0 Å². The maximum atomic E-state index is 12.6. The molecule has 1 aromatic rings. The van der Waals surface area contributed by atoms with E-state index in [1.165, 1.54) is 10.4 Å². The Morgan fingerprint density at radius 3 is 2.80 bits per heavy atom. The van der Waals surface area contributed by atoms with Gasteiger partial charge in [-0.25, -0.2) is 0 Å². The number of carboxylic acids is 1. The highest BCUT2D eigenvalue weighted by molar-refractivity contribution is 7.10. The number of hydrogen-bond acceptors (Lipinski definition) is 3. The summed E-state index contributed by atoms with van der Waals surface area (Å²) in [5, 5.41) is 11.1. The van der Waals surface area contributed by atoms with Gasteiger partial charge >= 0.3 is 5.97 Å². The first-order valence-electron chi connectivity index (χ1n) is 7.17. The van der Waals surface area contributed by atoms with Crippen molar-refractivity contribution in [2.45, 2.75) is 38.6 Å². The number of rotatable bonds is 2. The van der Waals surface area contributed by atoms with Crippen molar-refractivity contribution in [1.29, 1.82) is 0 Å². The molecule has 1 unspecified atom stereocenters. The van der Waals surface area contributed by atoms with E-state index in [2.05, 4.69) is 18.4 Å². The molecular formula is C15H19NO3S. The third-order valence-corrected chi connectivity index (χ3v) is 5.69. The summed E-state index contributed by atoms with van der Waals surface area (Å²) < 4.78 is 0. The van der Waals surface area contributed by atoms with Crippen molar-refractivity contribution in [1.82, 2.24) is 4.90 Å². The molecule has 2 heterocycles. The molecule has 1 aromatic heterocycles. The van der Waals surface area contributed by atoms with Crippen LogP contribution < -0.4 is 0 Å². The molecule has 108 valence electrons. The standard InChI is InChI=1S/C15H19NO3S/c1-9-12-5-7-20-13(12)4-6-16(9)14(17)10-2-3-11(8-10)15(18)19/h5,7,9-11H,2-4,6,8H2,1H3,(H,18,19)/t9?,10-,11+/m1/s1. The predicted molar refractivity (Wildman–Crippen MR) is 76.6 cm³/mol. The summed E-state index contributed by atoms with van der Waals surface area (Å²) in [5.74, 6) is -1.04. The first-order valence-corrected chi connectivity index (χ1v) is 8.05. The average Bonchev–Trinajstić information content (AvgIpc) is 3.08. The summed E-state index contributed by atoms with van der Waals surface area (Å²) in [4.78, 5) is 27.0. The van der Waals surface area contributed by atoms with E-state index in [0.29, 0.717) is 12.8 Å². The maximum Gasteiger partial charge on any atom is 0.306 e. The Labute approximate surface area is 122 Å². The lowest BCUT2D eigenvalue weighted by atomic mass is 9.97. The normalized spacial score (nSPS) is 29.2. The van der Waals surface area contributed by atoms with Crippen molar-refractivity contribution >= 4 is 23.2 Å². The van der Waals surface area contributed by atoms with Crippen LogP contribution in [0.15, 0.2) is 11.4 Å². The molecule has 3 rings (SSSR count). The van der Waals surface area contributed by atoms with Crippen LogP contribution in [0.4, 0.5) is 0 Å². The molecule has 1 N–H and O–H groups in total. The molecule has 5 heteroatoms. The van der Waals surface area contributed by atoms with E-state index < -0.39 is 5.97 Å². The monoisotopic (exact) mass is 293 g/mol. The van der Waals surface area contributed by atoms with Crippen molar-refractivity contribution in [3.8, 4) is 0 Å². The molecule has 1 aliphatic carbocycles. The van der Waals surface area contributed by atoms with Crippen LogP contribution in [0.5, 0.6) is 0 Å². The van der Waals surface area contributed by atoms with Gasteiger partial charge in [0.15, 0.2) is 0 Å². The molecule has 0 saturated heterocycles. The number of hydrogen-bond donors (Lipinski definition) is 1. The lowest BCUT2D eigenvalue weighted by molar-refractivity contribution is -0.142. The maximum absolute atomic E-state index is 12.6. The molecule has 4 nitrogen and oxygen atoms in total. The molecule has 1 fully saturated rings. The fourth-order valence-electron chi connectivity index (χ4n) is 3.48. The molecule has 0 aromatic carbocycles. The molecule has 1 saturated carbocycles.